The van der Waals surface area contributed by atoms with Crippen molar-refractivity contribution in [3.8, 4) is 0 Å². The molecule has 2 unspecified atom stereocenters. The molecule has 0 bridgehead atoms. The largest absolute Gasteiger partial charge is 0.300 e. The molecule has 1 aromatic carbocycles. The van der Waals surface area contributed by atoms with E-state index in [9.17, 15) is 13.4 Å². The molecule has 5 heteroatoms. The first kappa shape index (κ1) is 16.0. The fraction of sp³-hybridized carbons (Fsp3) is 0.500. The van der Waals surface area contributed by atoms with Gasteiger partial charge in [0.2, 0.25) is 0 Å². The summed E-state index contributed by atoms with van der Waals surface area (Å²) in [5.41, 5.74) is 0.371. The highest BCUT2D eigenvalue weighted by molar-refractivity contribution is 7.84. The number of hydrogen-bond acceptors (Lipinski definition) is 2. The molecule has 0 spiro atoms. The van der Waals surface area contributed by atoms with Crippen molar-refractivity contribution in [2.75, 3.05) is 0 Å². The number of Topliss-reactive ketones (excluding diaryl/α,β-unsaturated/α-hetero) is 1. The maximum atomic E-state index is 13.8. The molecule has 1 N–H and O–H groups in total. The summed E-state index contributed by atoms with van der Waals surface area (Å²) in [6.07, 6.45) is 0.114. The number of rotatable bonds is 5. The lowest BCUT2D eigenvalue weighted by molar-refractivity contribution is -0.117. The minimum atomic E-state index is -1.36. The van der Waals surface area contributed by atoms with E-state index in [2.05, 4.69) is 4.72 Å². The van der Waals surface area contributed by atoms with E-state index in [4.69, 9.17) is 0 Å². The topological polar surface area (TPSA) is 46.2 Å². The van der Waals surface area contributed by atoms with E-state index in [0.29, 0.717) is 5.56 Å². The highest BCUT2D eigenvalue weighted by Crippen LogP contribution is 2.23. The molecule has 3 nitrogen and oxygen atoms in total. The van der Waals surface area contributed by atoms with Crippen LogP contribution in [0.25, 0.3) is 0 Å². The lowest BCUT2D eigenvalue weighted by Crippen LogP contribution is -2.36. The van der Waals surface area contributed by atoms with E-state index in [1.54, 1.807) is 18.2 Å². The Balaban J connectivity index is 3.00. The minimum Gasteiger partial charge on any atom is -0.300 e. The van der Waals surface area contributed by atoms with Crippen LogP contribution in [0.3, 0.4) is 0 Å². The summed E-state index contributed by atoms with van der Waals surface area (Å²) in [7, 11) is -1.36. The van der Waals surface area contributed by atoms with Crippen LogP contribution in [0.2, 0.25) is 0 Å². The van der Waals surface area contributed by atoms with E-state index in [1.165, 1.54) is 13.0 Å². The second-order valence-electron chi connectivity index (χ2n) is 5.48. The van der Waals surface area contributed by atoms with Crippen molar-refractivity contribution < 1.29 is 13.4 Å². The van der Waals surface area contributed by atoms with E-state index >= 15 is 0 Å². The van der Waals surface area contributed by atoms with Gasteiger partial charge in [-0.2, -0.15) is 0 Å². The van der Waals surface area contributed by atoms with Crippen LogP contribution in [-0.4, -0.2) is 14.7 Å². The monoisotopic (exact) mass is 285 g/mol. The quantitative estimate of drug-likeness (QED) is 0.904. The number of halogens is 1. The number of hydrogen-bond donors (Lipinski definition) is 1. The van der Waals surface area contributed by atoms with Gasteiger partial charge in [-0.1, -0.05) is 18.2 Å². The molecule has 2 atom stereocenters. The molecule has 106 valence electrons. The zero-order valence-electron chi connectivity index (χ0n) is 11.7. The molecule has 1 rings (SSSR count). The molecule has 0 aliphatic rings. The van der Waals surface area contributed by atoms with Gasteiger partial charge in [-0.15, -0.1) is 0 Å². The second-order valence-corrected chi connectivity index (χ2v) is 7.48. The van der Waals surface area contributed by atoms with Gasteiger partial charge >= 0.3 is 0 Å². The van der Waals surface area contributed by atoms with Crippen LogP contribution in [0.4, 0.5) is 4.39 Å². The highest BCUT2D eigenvalue weighted by atomic mass is 32.2. The molecule has 0 amide bonds. The first-order valence-corrected chi connectivity index (χ1v) is 7.28. The second kappa shape index (κ2) is 6.39. The standard InChI is InChI=1S/C14H20FNO2S/c1-10(17)9-13(16-19(18)14(2,3)4)11-7-5-6-8-12(11)15/h5-8,13,16H,9H2,1-4H3. The zero-order chi connectivity index (χ0) is 14.6. The molecule has 0 aliphatic carbocycles. The zero-order valence-corrected chi connectivity index (χ0v) is 12.5. The average molecular weight is 285 g/mol. The summed E-state index contributed by atoms with van der Waals surface area (Å²) < 4.78 is 28.3. The third-order valence-electron chi connectivity index (χ3n) is 2.58. The van der Waals surface area contributed by atoms with Crippen molar-refractivity contribution in [3.63, 3.8) is 0 Å². The fourth-order valence-electron chi connectivity index (χ4n) is 1.57. The van der Waals surface area contributed by atoms with Gasteiger partial charge in [0, 0.05) is 12.0 Å². The number of carbonyl (C=O) groups is 1. The molecular weight excluding hydrogens is 265 g/mol. The molecular formula is C14H20FNO2S. The van der Waals surface area contributed by atoms with Crippen molar-refractivity contribution in [2.24, 2.45) is 0 Å². The van der Waals surface area contributed by atoms with Crippen molar-refractivity contribution in [1.82, 2.24) is 4.72 Å². The van der Waals surface area contributed by atoms with Crippen LogP contribution in [-0.2, 0) is 15.8 Å². The predicted molar refractivity (Wildman–Crippen MR) is 75.5 cm³/mol. The molecule has 0 saturated heterocycles. The molecule has 0 fully saturated rings. The van der Waals surface area contributed by atoms with E-state index in [-0.39, 0.29) is 12.2 Å². The minimum absolute atomic E-state index is 0.0772. The lowest BCUT2D eigenvalue weighted by Gasteiger charge is -2.24. The highest BCUT2D eigenvalue weighted by Gasteiger charge is 2.25. The van der Waals surface area contributed by atoms with Crippen LogP contribution < -0.4 is 4.72 Å². The molecule has 0 saturated carbocycles. The van der Waals surface area contributed by atoms with Crippen molar-refractivity contribution >= 4 is 16.8 Å². The Kier molecular flexibility index (Phi) is 5.38. The van der Waals surface area contributed by atoms with Gasteiger partial charge in [0.15, 0.2) is 0 Å². The van der Waals surface area contributed by atoms with Gasteiger partial charge < -0.3 is 0 Å². The summed E-state index contributed by atoms with van der Waals surface area (Å²) in [6.45, 7) is 6.91. The SMILES string of the molecule is CC(=O)CC(NS(=O)C(C)(C)C)c1ccccc1F. The Morgan fingerprint density at radius 1 is 1.37 bits per heavy atom. The van der Waals surface area contributed by atoms with Gasteiger partial charge in [0.05, 0.1) is 21.8 Å². The Labute approximate surface area is 116 Å². The summed E-state index contributed by atoms with van der Waals surface area (Å²) in [5, 5.41) is 0. The van der Waals surface area contributed by atoms with Crippen molar-refractivity contribution in [1.29, 1.82) is 0 Å². The number of carbonyl (C=O) groups excluding carboxylic acids is 1. The summed E-state index contributed by atoms with van der Waals surface area (Å²) >= 11 is 0. The Hall–Kier alpha value is -1.07. The summed E-state index contributed by atoms with van der Waals surface area (Å²) in [5.74, 6) is -0.473. The van der Waals surface area contributed by atoms with E-state index < -0.39 is 27.6 Å². The maximum absolute atomic E-state index is 13.8. The van der Waals surface area contributed by atoms with Crippen LogP contribution >= 0.6 is 0 Å². The molecule has 0 aliphatic heterocycles. The molecule has 0 heterocycles. The van der Waals surface area contributed by atoms with Crippen molar-refractivity contribution in [3.05, 3.63) is 35.6 Å². The maximum Gasteiger partial charge on any atom is 0.131 e. The van der Waals surface area contributed by atoms with Gasteiger partial charge in [-0.3, -0.25) is 4.79 Å². The predicted octanol–water partition coefficient (Wildman–Crippen LogP) is 2.90. The molecule has 19 heavy (non-hydrogen) atoms. The third-order valence-corrected chi connectivity index (χ3v) is 4.19. The first-order valence-electron chi connectivity index (χ1n) is 6.13. The normalized spacial score (nSPS) is 15.0. The Bertz CT molecular complexity index is 483. The van der Waals surface area contributed by atoms with Crippen LogP contribution in [0.5, 0.6) is 0 Å². The van der Waals surface area contributed by atoms with Crippen molar-refractivity contribution in [2.45, 2.75) is 44.9 Å². The number of ketones is 1. The van der Waals surface area contributed by atoms with Gasteiger partial charge in [-0.05, 0) is 33.8 Å². The van der Waals surface area contributed by atoms with Crippen LogP contribution in [0, 0.1) is 5.82 Å². The lowest BCUT2D eigenvalue weighted by atomic mass is 10.0. The van der Waals surface area contributed by atoms with Crippen LogP contribution in [0.15, 0.2) is 24.3 Å². The van der Waals surface area contributed by atoms with E-state index in [1.807, 2.05) is 20.8 Å². The summed E-state index contributed by atoms with van der Waals surface area (Å²) in [6, 6.07) is 5.66. The Morgan fingerprint density at radius 3 is 2.42 bits per heavy atom. The first-order chi connectivity index (χ1) is 8.71. The molecule has 1 aromatic rings. The number of benzene rings is 1. The number of nitrogens with one attached hydrogen (secondary N) is 1. The van der Waals surface area contributed by atoms with E-state index in [0.717, 1.165) is 0 Å². The van der Waals surface area contributed by atoms with Crippen LogP contribution in [0.1, 0.15) is 45.7 Å². The fourth-order valence-corrected chi connectivity index (χ4v) is 2.39. The van der Waals surface area contributed by atoms with Gasteiger partial charge in [-0.25, -0.2) is 13.3 Å². The Morgan fingerprint density at radius 2 is 1.95 bits per heavy atom. The molecule has 0 aromatic heterocycles. The molecule has 0 radical (unpaired) electrons. The third kappa shape index (κ3) is 4.84. The smallest absolute Gasteiger partial charge is 0.131 e. The average Bonchev–Trinajstić information content (AvgIpc) is 2.26. The van der Waals surface area contributed by atoms with Gasteiger partial charge in [0.1, 0.15) is 11.6 Å². The van der Waals surface area contributed by atoms with Gasteiger partial charge in [0.25, 0.3) is 0 Å². The summed E-state index contributed by atoms with van der Waals surface area (Å²) in [4.78, 5) is 11.3.